The van der Waals surface area contributed by atoms with Crippen LogP contribution in [0.15, 0.2) is 35.9 Å². The van der Waals surface area contributed by atoms with E-state index < -0.39 is 0 Å². The van der Waals surface area contributed by atoms with Gasteiger partial charge in [-0.3, -0.25) is 9.59 Å². The zero-order valence-corrected chi connectivity index (χ0v) is 7.36. The highest BCUT2D eigenvalue weighted by Gasteiger charge is 2.01. The van der Waals surface area contributed by atoms with E-state index in [4.69, 9.17) is 0 Å². The molecule has 0 heterocycles. The van der Waals surface area contributed by atoms with Gasteiger partial charge in [0.25, 0.3) is 0 Å². The average Bonchev–Trinajstić information content (AvgIpc) is 2.21. The summed E-state index contributed by atoms with van der Waals surface area (Å²) in [6, 6.07) is 9.35. The van der Waals surface area contributed by atoms with E-state index in [-0.39, 0.29) is 5.57 Å². The van der Waals surface area contributed by atoms with Crippen LogP contribution in [0.1, 0.15) is 12.5 Å². The lowest BCUT2D eigenvalue weighted by atomic mass is 10.0. The minimum absolute atomic E-state index is 0.200. The summed E-state index contributed by atoms with van der Waals surface area (Å²) >= 11 is 0. The molecule has 0 N–H and O–H groups in total. The Kier molecular flexibility index (Phi) is 3.15. The fraction of sp³-hybridized carbons (Fsp3) is 0.0909. The lowest BCUT2D eigenvalue weighted by Crippen LogP contribution is -1.91. The van der Waals surface area contributed by atoms with Crippen molar-refractivity contribution in [2.75, 3.05) is 0 Å². The molecule has 0 bridgehead atoms. The SMILES string of the molecule is CC(=C(C=O)C=O)c1ccccc1. The lowest BCUT2D eigenvalue weighted by molar-refractivity contribution is -0.109. The van der Waals surface area contributed by atoms with E-state index >= 15 is 0 Å². The Balaban J connectivity index is 3.15. The highest BCUT2D eigenvalue weighted by molar-refractivity contribution is 6.07. The van der Waals surface area contributed by atoms with Crippen LogP contribution in [-0.4, -0.2) is 12.6 Å². The minimum Gasteiger partial charge on any atom is -0.298 e. The second-order valence-electron chi connectivity index (χ2n) is 2.68. The third-order valence-electron chi connectivity index (χ3n) is 1.89. The van der Waals surface area contributed by atoms with Gasteiger partial charge in [-0.2, -0.15) is 0 Å². The first-order valence-corrected chi connectivity index (χ1v) is 3.96. The molecule has 0 aliphatic carbocycles. The number of benzene rings is 1. The fourth-order valence-electron chi connectivity index (χ4n) is 1.06. The Hall–Kier alpha value is -1.70. The number of aldehydes is 2. The third-order valence-corrected chi connectivity index (χ3v) is 1.89. The van der Waals surface area contributed by atoms with Crippen molar-refractivity contribution in [2.24, 2.45) is 0 Å². The van der Waals surface area contributed by atoms with E-state index in [1.807, 2.05) is 30.3 Å². The molecule has 0 spiro atoms. The molecule has 0 unspecified atom stereocenters. The van der Waals surface area contributed by atoms with Crippen LogP contribution >= 0.6 is 0 Å². The summed E-state index contributed by atoms with van der Waals surface area (Å²) in [4.78, 5) is 20.9. The topological polar surface area (TPSA) is 34.1 Å². The Morgan fingerprint density at radius 3 is 2.08 bits per heavy atom. The van der Waals surface area contributed by atoms with E-state index in [9.17, 15) is 9.59 Å². The maximum absolute atomic E-state index is 10.5. The monoisotopic (exact) mass is 174 g/mol. The normalized spacial score (nSPS) is 9.00. The van der Waals surface area contributed by atoms with Crippen molar-refractivity contribution >= 4 is 18.1 Å². The Morgan fingerprint density at radius 1 is 1.08 bits per heavy atom. The van der Waals surface area contributed by atoms with E-state index in [1.54, 1.807) is 6.92 Å². The van der Waals surface area contributed by atoms with Crippen molar-refractivity contribution in [3.63, 3.8) is 0 Å². The van der Waals surface area contributed by atoms with Crippen molar-refractivity contribution < 1.29 is 9.59 Å². The molecule has 13 heavy (non-hydrogen) atoms. The zero-order valence-electron chi connectivity index (χ0n) is 7.36. The van der Waals surface area contributed by atoms with Crippen LogP contribution in [0.25, 0.3) is 5.57 Å². The molecule has 0 saturated carbocycles. The van der Waals surface area contributed by atoms with Gasteiger partial charge in [-0.25, -0.2) is 0 Å². The molecule has 0 aromatic heterocycles. The molecular formula is C11H10O2. The van der Waals surface area contributed by atoms with Crippen LogP contribution in [0.2, 0.25) is 0 Å². The second-order valence-corrected chi connectivity index (χ2v) is 2.68. The molecule has 66 valence electrons. The van der Waals surface area contributed by atoms with E-state index in [0.717, 1.165) is 5.56 Å². The van der Waals surface area contributed by atoms with Gasteiger partial charge < -0.3 is 0 Å². The van der Waals surface area contributed by atoms with Crippen molar-refractivity contribution in [1.82, 2.24) is 0 Å². The molecule has 1 rings (SSSR count). The van der Waals surface area contributed by atoms with Gasteiger partial charge in [-0.15, -0.1) is 0 Å². The zero-order chi connectivity index (χ0) is 9.68. The maximum Gasteiger partial charge on any atom is 0.153 e. The second kappa shape index (κ2) is 4.36. The fourth-order valence-corrected chi connectivity index (χ4v) is 1.06. The van der Waals surface area contributed by atoms with Gasteiger partial charge >= 0.3 is 0 Å². The first-order valence-electron chi connectivity index (χ1n) is 3.96. The molecule has 0 amide bonds. The van der Waals surface area contributed by atoms with Crippen LogP contribution in [0.3, 0.4) is 0 Å². The molecule has 0 fully saturated rings. The van der Waals surface area contributed by atoms with Crippen molar-refractivity contribution in [3.8, 4) is 0 Å². The number of allylic oxidation sites excluding steroid dienone is 2. The quantitative estimate of drug-likeness (QED) is 0.303. The maximum atomic E-state index is 10.5. The number of carbonyl (C=O) groups is 2. The van der Waals surface area contributed by atoms with Crippen LogP contribution < -0.4 is 0 Å². The molecular weight excluding hydrogens is 164 g/mol. The number of hydrogen-bond acceptors (Lipinski definition) is 2. The smallest absolute Gasteiger partial charge is 0.153 e. The summed E-state index contributed by atoms with van der Waals surface area (Å²) in [5.74, 6) is 0. The number of hydrogen-bond donors (Lipinski definition) is 0. The predicted octanol–water partition coefficient (Wildman–Crippen LogP) is 1.86. The van der Waals surface area contributed by atoms with Crippen LogP contribution in [-0.2, 0) is 9.59 Å². The number of rotatable bonds is 3. The lowest BCUT2D eigenvalue weighted by Gasteiger charge is -2.00. The van der Waals surface area contributed by atoms with Gasteiger partial charge in [0.2, 0.25) is 0 Å². The van der Waals surface area contributed by atoms with Crippen molar-refractivity contribution in [2.45, 2.75) is 6.92 Å². The first-order chi connectivity index (χ1) is 6.29. The molecule has 1 aromatic carbocycles. The van der Waals surface area contributed by atoms with Gasteiger partial charge in [0.05, 0.1) is 5.57 Å². The summed E-state index contributed by atoms with van der Waals surface area (Å²) in [7, 11) is 0. The van der Waals surface area contributed by atoms with Gasteiger partial charge in [0.15, 0.2) is 12.6 Å². The highest BCUT2D eigenvalue weighted by atomic mass is 16.1. The summed E-state index contributed by atoms with van der Waals surface area (Å²) in [6.07, 6.45) is 1.16. The molecule has 0 atom stereocenters. The standard InChI is InChI=1S/C11H10O2/c1-9(11(7-12)8-13)10-5-3-2-4-6-10/h2-8H,1H3. The minimum atomic E-state index is 0.200. The molecule has 0 radical (unpaired) electrons. The summed E-state index contributed by atoms with van der Waals surface area (Å²) in [6.45, 7) is 1.76. The van der Waals surface area contributed by atoms with Crippen molar-refractivity contribution in [3.05, 3.63) is 41.5 Å². The Labute approximate surface area is 76.9 Å². The number of carbonyl (C=O) groups excluding carboxylic acids is 2. The van der Waals surface area contributed by atoms with Crippen LogP contribution in [0.4, 0.5) is 0 Å². The summed E-state index contributed by atoms with van der Waals surface area (Å²) < 4.78 is 0. The predicted molar refractivity (Wildman–Crippen MR) is 51.2 cm³/mol. The largest absolute Gasteiger partial charge is 0.298 e. The van der Waals surface area contributed by atoms with Gasteiger partial charge in [-0.05, 0) is 18.1 Å². The van der Waals surface area contributed by atoms with E-state index in [0.29, 0.717) is 18.1 Å². The van der Waals surface area contributed by atoms with E-state index in [1.165, 1.54) is 0 Å². The average molecular weight is 174 g/mol. The Morgan fingerprint density at radius 2 is 1.62 bits per heavy atom. The van der Waals surface area contributed by atoms with Gasteiger partial charge in [0.1, 0.15) is 0 Å². The first kappa shape index (κ1) is 9.39. The van der Waals surface area contributed by atoms with Gasteiger partial charge in [0, 0.05) is 0 Å². The Bertz CT molecular complexity index is 326. The van der Waals surface area contributed by atoms with Crippen molar-refractivity contribution in [1.29, 1.82) is 0 Å². The molecule has 0 saturated heterocycles. The van der Waals surface area contributed by atoms with Gasteiger partial charge in [-0.1, -0.05) is 30.3 Å². The molecule has 0 aliphatic heterocycles. The molecule has 2 heteroatoms. The third kappa shape index (κ3) is 2.12. The van der Waals surface area contributed by atoms with Crippen LogP contribution in [0.5, 0.6) is 0 Å². The molecule has 2 nitrogen and oxygen atoms in total. The summed E-state index contributed by atoms with van der Waals surface area (Å²) in [5, 5.41) is 0. The highest BCUT2D eigenvalue weighted by Crippen LogP contribution is 2.15. The molecule has 0 aliphatic rings. The van der Waals surface area contributed by atoms with E-state index in [2.05, 4.69) is 0 Å². The van der Waals surface area contributed by atoms with Crippen LogP contribution in [0, 0.1) is 0 Å². The summed E-state index contributed by atoms with van der Waals surface area (Å²) in [5.41, 5.74) is 1.81. The molecule has 1 aromatic rings.